The van der Waals surface area contributed by atoms with E-state index in [1.54, 1.807) is 0 Å². The Balaban J connectivity index is 2.31. The summed E-state index contributed by atoms with van der Waals surface area (Å²) in [6, 6.07) is 4.36. The zero-order valence-corrected chi connectivity index (χ0v) is 9.89. The molecule has 2 atom stereocenters. The molecule has 2 N–H and O–H groups in total. The summed E-state index contributed by atoms with van der Waals surface area (Å²) in [7, 11) is 0. The van der Waals surface area contributed by atoms with Gasteiger partial charge in [-0.25, -0.2) is 4.98 Å². The average molecular weight is 221 g/mol. The van der Waals surface area contributed by atoms with Gasteiger partial charge < -0.3 is 15.4 Å². The number of pyridine rings is 1. The van der Waals surface area contributed by atoms with Crippen LogP contribution in [0.15, 0.2) is 18.3 Å². The Morgan fingerprint density at radius 3 is 3.12 bits per heavy atom. The lowest BCUT2D eigenvalue weighted by Crippen LogP contribution is -2.44. The van der Waals surface area contributed by atoms with Crippen molar-refractivity contribution >= 4 is 5.82 Å². The van der Waals surface area contributed by atoms with E-state index in [9.17, 15) is 0 Å². The molecule has 0 spiro atoms. The molecule has 0 amide bonds. The standard InChI is InChI=1S/C12H19N3O/c1-9-8-16-7-6-15(9)12-11(10(2)13)4-3-5-14-12/h3-5,9-10H,6-8,13H2,1-2H3/t9?,10-/m0/s1. The van der Waals surface area contributed by atoms with Gasteiger partial charge >= 0.3 is 0 Å². The smallest absolute Gasteiger partial charge is 0.133 e. The fourth-order valence-corrected chi connectivity index (χ4v) is 2.05. The highest BCUT2D eigenvalue weighted by molar-refractivity contribution is 5.49. The third-order valence-electron chi connectivity index (χ3n) is 2.95. The van der Waals surface area contributed by atoms with Crippen molar-refractivity contribution in [3.8, 4) is 0 Å². The van der Waals surface area contributed by atoms with Crippen LogP contribution in [-0.4, -0.2) is 30.8 Å². The second-order valence-corrected chi connectivity index (χ2v) is 4.32. The van der Waals surface area contributed by atoms with Crippen LogP contribution in [0.5, 0.6) is 0 Å². The third kappa shape index (κ3) is 2.18. The molecule has 0 radical (unpaired) electrons. The Morgan fingerprint density at radius 2 is 2.44 bits per heavy atom. The van der Waals surface area contributed by atoms with Crippen molar-refractivity contribution in [1.29, 1.82) is 0 Å². The number of anilines is 1. The Hall–Kier alpha value is -1.13. The van der Waals surface area contributed by atoms with Gasteiger partial charge in [-0.3, -0.25) is 0 Å². The Bertz CT molecular complexity index is 354. The fraction of sp³-hybridized carbons (Fsp3) is 0.583. The van der Waals surface area contributed by atoms with Crippen LogP contribution >= 0.6 is 0 Å². The third-order valence-corrected chi connectivity index (χ3v) is 2.95. The molecule has 1 aromatic rings. The molecule has 1 aliphatic rings. The molecule has 4 nitrogen and oxygen atoms in total. The van der Waals surface area contributed by atoms with E-state index >= 15 is 0 Å². The Morgan fingerprint density at radius 1 is 1.62 bits per heavy atom. The van der Waals surface area contributed by atoms with Gasteiger partial charge in [-0.15, -0.1) is 0 Å². The lowest BCUT2D eigenvalue weighted by atomic mass is 10.1. The van der Waals surface area contributed by atoms with Gasteiger partial charge in [0, 0.05) is 24.3 Å². The van der Waals surface area contributed by atoms with Crippen molar-refractivity contribution in [3.05, 3.63) is 23.9 Å². The van der Waals surface area contributed by atoms with Crippen LogP contribution in [0.1, 0.15) is 25.5 Å². The van der Waals surface area contributed by atoms with Crippen molar-refractivity contribution < 1.29 is 4.74 Å². The van der Waals surface area contributed by atoms with Gasteiger partial charge in [0.15, 0.2) is 0 Å². The van der Waals surface area contributed by atoms with Gasteiger partial charge in [0.2, 0.25) is 0 Å². The SMILES string of the molecule is CC1COCCN1c1ncccc1[C@H](C)N. The number of hydrogen-bond donors (Lipinski definition) is 1. The molecule has 4 heteroatoms. The van der Waals surface area contributed by atoms with Crippen LogP contribution in [0, 0.1) is 0 Å². The lowest BCUT2D eigenvalue weighted by molar-refractivity contribution is 0.0984. The first-order valence-corrected chi connectivity index (χ1v) is 5.75. The molecule has 1 aliphatic heterocycles. The van der Waals surface area contributed by atoms with Crippen LogP contribution in [0.2, 0.25) is 0 Å². The molecular weight excluding hydrogens is 202 g/mol. The number of ether oxygens (including phenoxy) is 1. The van der Waals surface area contributed by atoms with Crippen LogP contribution in [0.3, 0.4) is 0 Å². The average Bonchev–Trinajstić information content (AvgIpc) is 2.29. The van der Waals surface area contributed by atoms with E-state index in [4.69, 9.17) is 10.5 Å². The highest BCUT2D eigenvalue weighted by Crippen LogP contribution is 2.25. The van der Waals surface area contributed by atoms with Crippen molar-refractivity contribution in [3.63, 3.8) is 0 Å². The summed E-state index contributed by atoms with van der Waals surface area (Å²) >= 11 is 0. The van der Waals surface area contributed by atoms with Crippen LogP contribution in [0.25, 0.3) is 0 Å². The number of hydrogen-bond acceptors (Lipinski definition) is 4. The van der Waals surface area contributed by atoms with Crippen LogP contribution < -0.4 is 10.6 Å². The highest BCUT2D eigenvalue weighted by atomic mass is 16.5. The molecular formula is C12H19N3O. The maximum atomic E-state index is 5.97. The summed E-state index contributed by atoms with van der Waals surface area (Å²) in [6.07, 6.45) is 1.82. The summed E-state index contributed by atoms with van der Waals surface area (Å²) in [5, 5.41) is 0. The number of morpholine rings is 1. The summed E-state index contributed by atoms with van der Waals surface area (Å²) in [5.74, 6) is 1.01. The maximum absolute atomic E-state index is 5.97. The predicted octanol–water partition coefficient (Wildman–Crippen LogP) is 1.33. The fourth-order valence-electron chi connectivity index (χ4n) is 2.05. The van der Waals surface area contributed by atoms with Crippen LogP contribution in [-0.2, 0) is 4.74 Å². The first-order valence-electron chi connectivity index (χ1n) is 5.75. The molecule has 2 heterocycles. The summed E-state index contributed by atoms with van der Waals surface area (Å²) < 4.78 is 5.43. The zero-order chi connectivity index (χ0) is 11.5. The van der Waals surface area contributed by atoms with E-state index in [1.165, 1.54) is 0 Å². The van der Waals surface area contributed by atoms with Crippen LogP contribution in [0.4, 0.5) is 5.82 Å². The van der Waals surface area contributed by atoms with Crippen molar-refractivity contribution in [1.82, 2.24) is 4.98 Å². The van der Waals surface area contributed by atoms with Gasteiger partial charge in [-0.2, -0.15) is 0 Å². The Labute approximate surface area is 96.4 Å². The maximum Gasteiger partial charge on any atom is 0.133 e. The molecule has 2 rings (SSSR count). The van der Waals surface area contributed by atoms with E-state index in [0.717, 1.165) is 31.1 Å². The molecule has 1 fully saturated rings. The zero-order valence-electron chi connectivity index (χ0n) is 9.89. The molecule has 0 saturated carbocycles. The minimum Gasteiger partial charge on any atom is -0.377 e. The van der Waals surface area contributed by atoms with Gasteiger partial charge in [0.1, 0.15) is 5.82 Å². The quantitative estimate of drug-likeness (QED) is 0.818. The molecule has 0 aliphatic carbocycles. The molecule has 1 aromatic heterocycles. The molecule has 16 heavy (non-hydrogen) atoms. The minimum absolute atomic E-state index is 0.0127. The van der Waals surface area contributed by atoms with Gasteiger partial charge in [0.05, 0.1) is 19.3 Å². The summed E-state index contributed by atoms with van der Waals surface area (Å²) in [5.41, 5.74) is 7.08. The van der Waals surface area contributed by atoms with E-state index in [1.807, 2.05) is 19.2 Å². The highest BCUT2D eigenvalue weighted by Gasteiger charge is 2.23. The van der Waals surface area contributed by atoms with E-state index in [-0.39, 0.29) is 6.04 Å². The normalized spacial score (nSPS) is 23.2. The molecule has 0 bridgehead atoms. The first-order chi connectivity index (χ1) is 7.70. The van der Waals surface area contributed by atoms with Gasteiger partial charge in [0.25, 0.3) is 0 Å². The van der Waals surface area contributed by atoms with E-state index in [2.05, 4.69) is 22.9 Å². The molecule has 88 valence electrons. The van der Waals surface area contributed by atoms with Gasteiger partial charge in [-0.1, -0.05) is 6.07 Å². The molecule has 1 saturated heterocycles. The summed E-state index contributed by atoms with van der Waals surface area (Å²) in [4.78, 5) is 6.74. The topological polar surface area (TPSA) is 51.4 Å². The Kier molecular flexibility index (Phi) is 3.41. The van der Waals surface area contributed by atoms with Crippen molar-refractivity contribution in [2.45, 2.75) is 25.9 Å². The summed E-state index contributed by atoms with van der Waals surface area (Å²) in [6.45, 7) is 6.55. The predicted molar refractivity (Wildman–Crippen MR) is 64.5 cm³/mol. The number of rotatable bonds is 2. The van der Waals surface area contributed by atoms with Gasteiger partial charge in [-0.05, 0) is 19.9 Å². The molecule has 0 aromatic carbocycles. The largest absolute Gasteiger partial charge is 0.377 e. The monoisotopic (exact) mass is 221 g/mol. The van der Waals surface area contributed by atoms with Crippen molar-refractivity contribution in [2.75, 3.05) is 24.7 Å². The number of nitrogens with zero attached hydrogens (tertiary/aromatic N) is 2. The number of aromatic nitrogens is 1. The second kappa shape index (κ2) is 4.80. The van der Waals surface area contributed by atoms with Crippen molar-refractivity contribution in [2.24, 2.45) is 5.73 Å². The minimum atomic E-state index is 0.0127. The number of nitrogens with two attached hydrogens (primary N) is 1. The van der Waals surface area contributed by atoms with E-state index in [0.29, 0.717) is 6.04 Å². The molecule has 1 unspecified atom stereocenters. The van der Waals surface area contributed by atoms with E-state index < -0.39 is 0 Å². The second-order valence-electron chi connectivity index (χ2n) is 4.32. The lowest BCUT2D eigenvalue weighted by Gasteiger charge is -2.35. The first kappa shape index (κ1) is 11.4.